The average molecular weight is 234 g/mol. The Morgan fingerprint density at radius 2 is 2.19 bits per heavy atom. The van der Waals surface area contributed by atoms with Crippen molar-refractivity contribution in [1.82, 2.24) is 0 Å². The Balaban J connectivity index is 2.17. The summed E-state index contributed by atoms with van der Waals surface area (Å²) in [6.07, 6.45) is 1.35. The molecular weight excluding hydrogens is 222 g/mol. The third kappa shape index (κ3) is 2.24. The molecule has 2 rings (SSSR count). The van der Waals surface area contributed by atoms with Gasteiger partial charge >= 0.3 is 0 Å². The monoisotopic (exact) mass is 234 g/mol. The third-order valence-electron chi connectivity index (χ3n) is 2.82. The molecule has 1 aliphatic rings. The molecule has 0 N–H and O–H groups in total. The summed E-state index contributed by atoms with van der Waals surface area (Å²) in [6.45, 7) is 1.93. The Morgan fingerprint density at radius 3 is 2.88 bits per heavy atom. The maximum absolute atomic E-state index is 11.2. The lowest BCUT2D eigenvalue weighted by atomic mass is 10.0. The van der Waals surface area contributed by atoms with Gasteiger partial charge in [-0.05, 0) is 30.2 Å². The van der Waals surface area contributed by atoms with E-state index in [1.54, 1.807) is 0 Å². The van der Waals surface area contributed by atoms with Gasteiger partial charge in [0.1, 0.15) is 5.60 Å². The SMILES string of the molecule is [B]CC(=O)OC1(C)Cc2ccc(Cl)cc2C1. The molecule has 82 valence electrons. The Morgan fingerprint density at radius 1 is 1.50 bits per heavy atom. The molecule has 0 saturated carbocycles. The predicted octanol–water partition coefficient (Wildman–Crippen LogP) is 2.33. The van der Waals surface area contributed by atoms with Gasteiger partial charge in [0.25, 0.3) is 5.97 Å². The van der Waals surface area contributed by atoms with Crippen LogP contribution in [0.3, 0.4) is 0 Å². The van der Waals surface area contributed by atoms with Crippen LogP contribution in [-0.4, -0.2) is 19.4 Å². The first-order chi connectivity index (χ1) is 7.52. The van der Waals surface area contributed by atoms with E-state index in [-0.39, 0.29) is 12.3 Å². The minimum atomic E-state index is -0.469. The Labute approximate surface area is 101 Å². The first-order valence-corrected chi connectivity index (χ1v) is 5.59. The fourth-order valence-electron chi connectivity index (χ4n) is 2.19. The van der Waals surface area contributed by atoms with Crippen molar-refractivity contribution >= 4 is 25.4 Å². The van der Waals surface area contributed by atoms with Gasteiger partial charge in [0.05, 0.1) is 7.85 Å². The van der Waals surface area contributed by atoms with E-state index in [2.05, 4.69) is 0 Å². The van der Waals surface area contributed by atoms with Gasteiger partial charge in [0.15, 0.2) is 0 Å². The van der Waals surface area contributed by atoms with Crippen molar-refractivity contribution in [2.75, 3.05) is 0 Å². The first kappa shape index (κ1) is 11.5. The van der Waals surface area contributed by atoms with E-state index in [9.17, 15) is 4.79 Å². The van der Waals surface area contributed by atoms with Crippen LogP contribution in [0.15, 0.2) is 18.2 Å². The van der Waals surface area contributed by atoms with Gasteiger partial charge in [-0.15, -0.1) is 0 Å². The van der Waals surface area contributed by atoms with Crippen LogP contribution in [-0.2, 0) is 22.4 Å². The average Bonchev–Trinajstić information content (AvgIpc) is 2.53. The largest absolute Gasteiger partial charge is 0.459 e. The second kappa shape index (κ2) is 4.13. The van der Waals surface area contributed by atoms with Gasteiger partial charge in [-0.1, -0.05) is 17.7 Å². The van der Waals surface area contributed by atoms with Crippen LogP contribution >= 0.6 is 11.6 Å². The first-order valence-electron chi connectivity index (χ1n) is 5.22. The summed E-state index contributed by atoms with van der Waals surface area (Å²) in [5.74, 6) is -0.360. The van der Waals surface area contributed by atoms with Crippen LogP contribution in [0.5, 0.6) is 0 Å². The predicted molar refractivity (Wildman–Crippen MR) is 63.9 cm³/mol. The van der Waals surface area contributed by atoms with Crippen LogP contribution in [0.25, 0.3) is 0 Å². The normalized spacial score (nSPS) is 22.9. The van der Waals surface area contributed by atoms with Crippen LogP contribution in [0.2, 0.25) is 11.3 Å². The molecule has 0 aliphatic heterocycles. The van der Waals surface area contributed by atoms with Gasteiger partial charge in [-0.2, -0.15) is 0 Å². The van der Waals surface area contributed by atoms with Crippen LogP contribution in [0.4, 0.5) is 0 Å². The van der Waals surface area contributed by atoms with Crippen LogP contribution in [0, 0.1) is 0 Å². The van der Waals surface area contributed by atoms with Gasteiger partial charge in [0, 0.05) is 24.2 Å². The van der Waals surface area contributed by atoms with Crippen molar-refractivity contribution in [3.05, 3.63) is 34.3 Å². The Kier molecular flexibility index (Phi) is 2.98. The molecule has 1 atom stereocenters. The smallest absolute Gasteiger partial charge is 0.297 e. The zero-order valence-electron chi connectivity index (χ0n) is 9.13. The van der Waals surface area contributed by atoms with Crippen molar-refractivity contribution in [2.45, 2.75) is 31.7 Å². The lowest BCUT2D eigenvalue weighted by Gasteiger charge is -2.23. The van der Waals surface area contributed by atoms with Crippen molar-refractivity contribution in [3.63, 3.8) is 0 Å². The third-order valence-corrected chi connectivity index (χ3v) is 3.06. The number of halogens is 1. The van der Waals surface area contributed by atoms with Crippen molar-refractivity contribution in [2.24, 2.45) is 0 Å². The summed E-state index contributed by atoms with van der Waals surface area (Å²) < 4.78 is 5.36. The maximum atomic E-state index is 11.2. The molecule has 0 spiro atoms. The molecule has 1 aliphatic carbocycles. The molecule has 1 unspecified atom stereocenters. The molecule has 0 fully saturated rings. The number of rotatable bonds is 2. The summed E-state index contributed by atoms with van der Waals surface area (Å²) in [6, 6.07) is 5.77. The highest BCUT2D eigenvalue weighted by atomic mass is 35.5. The molecule has 0 saturated heterocycles. The van der Waals surface area contributed by atoms with Crippen molar-refractivity contribution < 1.29 is 9.53 Å². The molecule has 0 aromatic heterocycles. The number of ether oxygens (including phenoxy) is 1. The van der Waals surface area contributed by atoms with Gasteiger partial charge in [0.2, 0.25) is 0 Å². The number of hydrogen-bond acceptors (Lipinski definition) is 2. The highest BCUT2D eigenvalue weighted by Gasteiger charge is 2.35. The van der Waals surface area contributed by atoms with E-state index in [0.29, 0.717) is 11.4 Å². The number of carbonyl (C=O) groups is 1. The molecule has 0 heterocycles. The zero-order valence-corrected chi connectivity index (χ0v) is 9.88. The molecule has 2 nitrogen and oxygen atoms in total. The number of carbonyl (C=O) groups excluding carboxylic acids is 1. The fraction of sp³-hybridized carbons (Fsp3) is 0.417. The standard InChI is InChI=1S/C12H12BClO2/c1-12(16-11(15)7-13)5-8-2-3-10(14)4-9(8)6-12/h2-4H,5-7H2,1H3. The minimum Gasteiger partial charge on any atom is -0.459 e. The summed E-state index contributed by atoms with van der Waals surface area (Å²) >= 11 is 5.92. The summed E-state index contributed by atoms with van der Waals surface area (Å²) in [7, 11) is 5.24. The van der Waals surface area contributed by atoms with E-state index in [1.807, 2.05) is 25.1 Å². The van der Waals surface area contributed by atoms with Crippen molar-refractivity contribution in [1.29, 1.82) is 0 Å². The second-order valence-corrected chi connectivity index (χ2v) is 4.83. The van der Waals surface area contributed by atoms with Gasteiger partial charge in [-0.25, -0.2) is 0 Å². The molecule has 0 amide bonds. The summed E-state index contributed by atoms with van der Waals surface area (Å²) in [5.41, 5.74) is 1.88. The maximum Gasteiger partial charge on any atom is 0.297 e. The quantitative estimate of drug-likeness (QED) is 0.580. The summed E-state index contributed by atoms with van der Waals surface area (Å²) in [5, 5.41) is 0.716. The number of esters is 1. The highest BCUT2D eigenvalue weighted by Crippen LogP contribution is 2.34. The van der Waals surface area contributed by atoms with E-state index in [0.717, 1.165) is 12.0 Å². The number of hydrogen-bond donors (Lipinski definition) is 0. The number of benzene rings is 1. The lowest BCUT2D eigenvalue weighted by molar-refractivity contribution is -0.154. The Bertz CT molecular complexity index is 433. The van der Waals surface area contributed by atoms with Crippen LogP contribution < -0.4 is 0 Å². The molecule has 4 heteroatoms. The molecular formula is C12H12BClO2. The lowest BCUT2D eigenvalue weighted by Crippen LogP contribution is -2.32. The topological polar surface area (TPSA) is 26.3 Å². The van der Waals surface area contributed by atoms with E-state index in [4.69, 9.17) is 24.2 Å². The molecule has 2 radical (unpaired) electrons. The van der Waals surface area contributed by atoms with Crippen molar-refractivity contribution in [3.8, 4) is 0 Å². The zero-order chi connectivity index (χ0) is 11.8. The van der Waals surface area contributed by atoms with Crippen LogP contribution in [0.1, 0.15) is 18.1 Å². The molecule has 1 aromatic carbocycles. The Hall–Kier alpha value is -0.955. The van der Waals surface area contributed by atoms with E-state index < -0.39 is 5.60 Å². The molecule has 16 heavy (non-hydrogen) atoms. The fourth-order valence-corrected chi connectivity index (χ4v) is 2.38. The van der Waals surface area contributed by atoms with E-state index >= 15 is 0 Å². The van der Waals surface area contributed by atoms with E-state index in [1.165, 1.54) is 5.56 Å². The molecule has 1 aromatic rings. The highest BCUT2D eigenvalue weighted by molar-refractivity contribution is 6.30. The minimum absolute atomic E-state index is 0.0767. The number of fused-ring (bicyclic) bond motifs is 1. The second-order valence-electron chi connectivity index (χ2n) is 4.39. The molecule has 0 bridgehead atoms. The van der Waals surface area contributed by atoms with Gasteiger partial charge in [-0.3, -0.25) is 4.79 Å². The summed E-state index contributed by atoms with van der Waals surface area (Å²) in [4.78, 5) is 11.2. The van der Waals surface area contributed by atoms with Gasteiger partial charge < -0.3 is 4.74 Å².